The maximum Gasteiger partial charge on any atom is 0.137 e. The molecule has 0 bridgehead atoms. The number of hydrogen-bond donors (Lipinski definition) is 0. The molecule has 0 N–H and O–H groups in total. The van der Waals surface area contributed by atoms with E-state index in [2.05, 4.69) is 73.9 Å². The van der Waals surface area contributed by atoms with Gasteiger partial charge in [0, 0.05) is 37.6 Å². The second-order valence-corrected chi connectivity index (χ2v) is 10.2. The second-order valence-electron chi connectivity index (χ2n) is 10.2. The van der Waals surface area contributed by atoms with Crippen LogP contribution in [-0.2, 0) is 0 Å². The van der Waals surface area contributed by atoms with Gasteiger partial charge in [0.25, 0.3) is 0 Å². The average Bonchev–Trinajstić information content (AvgIpc) is 3.26. The van der Waals surface area contributed by atoms with Crippen LogP contribution in [0.2, 0.25) is 0 Å². The van der Waals surface area contributed by atoms with Crippen molar-refractivity contribution in [3.63, 3.8) is 0 Å². The van der Waals surface area contributed by atoms with E-state index in [9.17, 15) is 0 Å². The summed E-state index contributed by atoms with van der Waals surface area (Å²) in [4.78, 5) is 5.30. The van der Waals surface area contributed by atoms with Crippen molar-refractivity contribution in [1.82, 2.24) is 0 Å². The highest BCUT2D eigenvalue weighted by molar-refractivity contribution is 6.16. The Labute approximate surface area is 214 Å². The number of furan rings is 1. The molecule has 35 heavy (non-hydrogen) atoms. The third kappa shape index (κ3) is 7.41. The maximum absolute atomic E-state index is 6.48. The number of rotatable bonds is 18. The molecule has 0 spiro atoms. The van der Waals surface area contributed by atoms with E-state index in [0.717, 1.165) is 37.3 Å². The minimum atomic E-state index is 1.03. The summed E-state index contributed by atoms with van der Waals surface area (Å²) < 4.78 is 6.48. The molecule has 0 aliphatic heterocycles. The molecule has 0 fully saturated rings. The normalized spacial score (nSPS) is 11.5. The first-order chi connectivity index (χ1) is 17.2. The summed E-state index contributed by atoms with van der Waals surface area (Å²) >= 11 is 0. The summed E-state index contributed by atoms with van der Waals surface area (Å²) in [5.74, 6) is 0. The molecule has 3 aromatic rings. The van der Waals surface area contributed by atoms with Crippen molar-refractivity contribution >= 4 is 33.3 Å². The first-order valence-corrected chi connectivity index (χ1v) is 14.7. The van der Waals surface area contributed by atoms with E-state index in [0.29, 0.717) is 0 Å². The topological polar surface area (TPSA) is 19.6 Å². The minimum absolute atomic E-state index is 1.03. The molecule has 0 saturated heterocycles. The van der Waals surface area contributed by atoms with Gasteiger partial charge in [-0.1, -0.05) is 91.2 Å². The predicted octanol–water partition coefficient (Wildman–Crippen LogP) is 9.96. The third-order valence-corrected chi connectivity index (χ3v) is 7.29. The Hall–Kier alpha value is -2.16. The fourth-order valence-electron chi connectivity index (χ4n) is 5.27. The van der Waals surface area contributed by atoms with E-state index in [-0.39, 0.29) is 0 Å². The van der Waals surface area contributed by atoms with Crippen molar-refractivity contribution in [3.8, 4) is 0 Å². The lowest BCUT2D eigenvalue weighted by Gasteiger charge is -2.28. The van der Waals surface area contributed by atoms with Crippen molar-refractivity contribution in [2.24, 2.45) is 0 Å². The SMILES string of the molecule is CCCCCN(CCCCC)c1cccc2oc3cccc(N(CCCCC)CCCCC)c3c12. The van der Waals surface area contributed by atoms with Gasteiger partial charge < -0.3 is 14.2 Å². The van der Waals surface area contributed by atoms with Crippen molar-refractivity contribution in [1.29, 1.82) is 0 Å². The largest absolute Gasteiger partial charge is 0.456 e. The summed E-state index contributed by atoms with van der Waals surface area (Å²) in [5, 5.41) is 2.64. The van der Waals surface area contributed by atoms with Crippen molar-refractivity contribution in [3.05, 3.63) is 36.4 Å². The average molecular weight is 479 g/mol. The molecule has 0 amide bonds. The fourth-order valence-corrected chi connectivity index (χ4v) is 5.27. The van der Waals surface area contributed by atoms with Gasteiger partial charge in [-0.3, -0.25) is 0 Å². The van der Waals surface area contributed by atoms with Gasteiger partial charge in [0.15, 0.2) is 0 Å². The Kier molecular flexibility index (Phi) is 11.8. The number of nitrogens with zero attached hydrogens (tertiary/aromatic N) is 2. The van der Waals surface area contributed by atoms with E-state index in [1.807, 2.05) is 0 Å². The molecule has 0 radical (unpaired) electrons. The summed E-state index contributed by atoms with van der Waals surface area (Å²) in [6.07, 6.45) is 15.2. The number of benzene rings is 2. The number of anilines is 2. The molecule has 3 rings (SSSR count). The Morgan fingerprint density at radius 3 is 1.14 bits per heavy atom. The van der Waals surface area contributed by atoms with Crippen LogP contribution < -0.4 is 9.80 Å². The predicted molar refractivity (Wildman–Crippen MR) is 156 cm³/mol. The molecular formula is C32H50N2O. The van der Waals surface area contributed by atoms with E-state index in [4.69, 9.17) is 4.42 Å². The number of unbranched alkanes of at least 4 members (excludes halogenated alkanes) is 8. The van der Waals surface area contributed by atoms with E-state index in [1.165, 1.54) is 99.2 Å². The molecule has 0 atom stereocenters. The van der Waals surface area contributed by atoms with Crippen molar-refractivity contribution in [2.45, 2.75) is 105 Å². The molecule has 0 saturated carbocycles. The second kappa shape index (κ2) is 15.1. The third-order valence-electron chi connectivity index (χ3n) is 7.29. The van der Waals surface area contributed by atoms with Gasteiger partial charge in [0.1, 0.15) is 11.2 Å². The van der Waals surface area contributed by atoms with Gasteiger partial charge in [0.2, 0.25) is 0 Å². The highest BCUT2D eigenvalue weighted by Crippen LogP contribution is 2.41. The van der Waals surface area contributed by atoms with Gasteiger partial charge in [-0.15, -0.1) is 0 Å². The lowest BCUT2D eigenvalue weighted by atomic mass is 10.1. The zero-order chi connectivity index (χ0) is 24.9. The summed E-state index contributed by atoms with van der Waals surface area (Å²) in [6.45, 7) is 13.7. The van der Waals surface area contributed by atoms with Crippen LogP contribution >= 0.6 is 0 Å². The lowest BCUT2D eigenvalue weighted by Crippen LogP contribution is -2.27. The molecule has 3 nitrogen and oxygen atoms in total. The van der Waals surface area contributed by atoms with Crippen molar-refractivity contribution < 1.29 is 4.42 Å². The van der Waals surface area contributed by atoms with Crippen LogP contribution in [0.1, 0.15) is 105 Å². The quantitative estimate of drug-likeness (QED) is 0.170. The maximum atomic E-state index is 6.48. The lowest BCUT2D eigenvalue weighted by molar-refractivity contribution is 0.637. The number of hydrogen-bond acceptors (Lipinski definition) is 3. The van der Waals surface area contributed by atoms with E-state index < -0.39 is 0 Å². The van der Waals surface area contributed by atoms with Crippen LogP contribution in [0, 0.1) is 0 Å². The smallest absolute Gasteiger partial charge is 0.137 e. The molecular weight excluding hydrogens is 428 g/mol. The zero-order valence-electron chi connectivity index (χ0n) is 23.1. The minimum Gasteiger partial charge on any atom is -0.456 e. The summed E-state index contributed by atoms with van der Waals surface area (Å²) in [6, 6.07) is 13.4. The Bertz CT molecular complexity index is 894. The van der Waals surface area contributed by atoms with E-state index in [1.54, 1.807) is 0 Å². The summed E-state index contributed by atoms with van der Waals surface area (Å²) in [5.41, 5.74) is 4.79. The van der Waals surface area contributed by atoms with Gasteiger partial charge in [-0.05, 0) is 49.9 Å². The molecule has 194 valence electrons. The molecule has 2 aromatic carbocycles. The van der Waals surface area contributed by atoms with Crippen LogP contribution in [-0.4, -0.2) is 26.2 Å². The Balaban J connectivity index is 2.07. The molecule has 1 heterocycles. The molecule has 0 unspecified atom stereocenters. The first kappa shape index (κ1) is 27.4. The monoisotopic (exact) mass is 478 g/mol. The molecule has 0 aliphatic rings. The van der Waals surface area contributed by atoms with Crippen LogP contribution in [0.15, 0.2) is 40.8 Å². The van der Waals surface area contributed by atoms with Gasteiger partial charge >= 0.3 is 0 Å². The van der Waals surface area contributed by atoms with Crippen LogP contribution in [0.4, 0.5) is 11.4 Å². The fraction of sp³-hybridized carbons (Fsp3) is 0.625. The van der Waals surface area contributed by atoms with Crippen LogP contribution in [0.25, 0.3) is 21.9 Å². The molecule has 1 aromatic heterocycles. The van der Waals surface area contributed by atoms with Gasteiger partial charge in [0.05, 0.1) is 10.8 Å². The molecule has 0 aliphatic carbocycles. The molecule has 3 heteroatoms. The van der Waals surface area contributed by atoms with Crippen molar-refractivity contribution in [2.75, 3.05) is 36.0 Å². The van der Waals surface area contributed by atoms with Gasteiger partial charge in [-0.2, -0.15) is 0 Å². The van der Waals surface area contributed by atoms with Gasteiger partial charge in [-0.25, -0.2) is 0 Å². The van der Waals surface area contributed by atoms with E-state index >= 15 is 0 Å². The first-order valence-electron chi connectivity index (χ1n) is 14.7. The highest BCUT2D eigenvalue weighted by atomic mass is 16.3. The summed E-state index contributed by atoms with van der Waals surface area (Å²) in [7, 11) is 0. The zero-order valence-corrected chi connectivity index (χ0v) is 23.1. The Morgan fingerprint density at radius 2 is 0.829 bits per heavy atom. The van der Waals surface area contributed by atoms with Crippen LogP contribution in [0.5, 0.6) is 0 Å². The highest BCUT2D eigenvalue weighted by Gasteiger charge is 2.20. The van der Waals surface area contributed by atoms with Crippen LogP contribution in [0.3, 0.4) is 0 Å². The Morgan fingerprint density at radius 1 is 0.486 bits per heavy atom. The standard InChI is InChI=1S/C32H50N2O/c1-5-9-13-23-33(24-14-10-6-2)27-19-17-21-29-31(27)32-28(20-18-22-30(32)35-29)34(25-15-11-7-3)26-16-12-8-4/h17-22H,5-16,23-26H2,1-4H3. The number of fused-ring (bicyclic) bond motifs is 3.